The second-order valence-electron chi connectivity index (χ2n) is 4.58. The summed E-state index contributed by atoms with van der Waals surface area (Å²) >= 11 is 1.44. The molecule has 0 unspecified atom stereocenters. The molecular formula is C13H15NO5S2. The molecule has 2 aromatic heterocycles. The Morgan fingerprint density at radius 1 is 1.33 bits per heavy atom. The molecule has 0 fully saturated rings. The molecule has 0 aliphatic rings. The number of nitrogens with one attached hydrogen (secondary N) is 1. The minimum atomic E-state index is -3.96. The molecule has 0 radical (unpaired) electrons. The van der Waals surface area contributed by atoms with Gasteiger partial charge in [-0.1, -0.05) is 0 Å². The van der Waals surface area contributed by atoms with Crippen molar-refractivity contribution in [1.82, 2.24) is 4.72 Å². The molecule has 2 aromatic rings. The first-order valence-corrected chi connectivity index (χ1v) is 8.46. The van der Waals surface area contributed by atoms with E-state index >= 15 is 0 Å². The Bertz CT molecular complexity index is 786. The summed E-state index contributed by atoms with van der Waals surface area (Å²) in [7, 11) is -3.96. The number of carbonyl (C=O) groups is 1. The van der Waals surface area contributed by atoms with Crippen molar-refractivity contribution in [1.29, 1.82) is 0 Å². The largest absolute Gasteiger partial charge is 0.478 e. The van der Waals surface area contributed by atoms with Crippen molar-refractivity contribution in [3.63, 3.8) is 0 Å². The van der Waals surface area contributed by atoms with E-state index in [0.29, 0.717) is 0 Å². The lowest BCUT2D eigenvalue weighted by Gasteiger charge is -2.06. The van der Waals surface area contributed by atoms with Crippen molar-refractivity contribution < 1.29 is 22.7 Å². The predicted octanol–water partition coefficient (Wildman–Crippen LogP) is 2.44. The number of rotatable bonds is 5. The molecule has 0 bridgehead atoms. The third kappa shape index (κ3) is 3.02. The molecule has 2 rings (SSSR count). The van der Waals surface area contributed by atoms with Crippen molar-refractivity contribution in [2.24, 2.45) is 0 Å². The Balaban J connectivity index is 2.36. The second-order valence-corrected chi connectivity index (χ2v) is 7.28. The Hall–Kier alpha value is -1.64. The fourth-order valence-corrected chi connectivity index (χ4v) is 4.39. The number of aryl methyl sites for hydroxylation is 3. The number of furan rings is 1. The summed E-state index contributed by atoms with van der Waals surface area (Å²) in [6.45, 7) is 4.87. The first-order valence-electron chi connectivity index (χ1n) is 6.10. The number of carboxylic acids is 1. The van der Waals surface area contributed by atoms with E-state index in [-0.39, 0.29) is 28.5 Å². The maximum atomic E-state index is 12.4. The molecule has 0 saturated carbocycles. The van der Waals surface area contributed by atoms with Crippen LogP contribution in [0.4, 0.5) is 0 Å². The van der Waals surface area contributed by atoms with Crippen LogP contribution < -0.4 is 4.72 Å². The zero-order chi connectivity index (χ0) is 15.8. The first-order chi connectivity index (χ1) is 9.74. The van der Waals surface area contributed by atoms with Crippen molar-refractivity contribution >= 4 is 27.3 Å². The van der Waals surface area contributed by atoms with Gasteiger partial charge in [0.15, 0.2) is 0 Å². The molecule has 0 atom stereocenters. The Morgan fingerprint density at radius 3 is 2.52 bits per heavy atom. The van der Waals surface area contributed by atoms with Gasteiger partial charge in [-0.05, 0) is 37.8 Å². The average Bonchev–Trinajstić information content (AvgIpc) is 2.90. The van der Waals surface area contributed by atoms with Crippen LogP contribution in [0.1, 0.15) is 32.3 Å². The van der Waals surface area contributed by atoms with Gasteiger partial charge in [-0.2, -0.15) is 0 Å². The number of carboxylic acid groups (broad SMARTS) is 1. The van der Waals surface area contributed by atoms with Gasteiger partial charge in [0.1, 0.15) is 22.0 Å². The maximum Gasteiger partial charge on any atom is 0.340 e. The summed E-state index contributed by atoms with van der Waals surface area (Å²) in [5, 5.41) is 11.0. The molecule has 0 aromatic carbocycles. The number of aromatic carboxylic acids is 1. The Morgan fingerprint density at radius 2 is 2.00 bits per heavy atom. The monoisotopic (exact) mass is 329 g/mol. The quantitative estimate of drug-likeness (QED) is 0.878. The molecule has 2 heterocycles. The van der Waals surface area contributed by atoms with E-state index in [1.807, 2.05) is 18.4 Å². The van der Waals surface area contributed by atoms with Crippen molar-refractivity contribution in [3.05, 3.63) is 39.0 Å². The molecule has 0 amide bonds. The van der Waals surface area contributed by atoms with Crippen molar-refractivity contribution in [2.75, 3.05) is 0 Å². The van der Waals surface area contributed by atoms with Gasteiger partial charge in [0.25, 0.3) is 0 Å². The molecule has 0 spiro atoms. The van der Waals surface area contributed by atoms with Gasteiger partial charge >= 0.3 is 5.97 Å². The topological polar surface area (TPSA) is 96.6 Å². The SMILES string of the molecule is Cc1ccsc1CNS(=O)(=O)c1c(C)oc(C)c1C(=O)O. The van der Waals surface area contributed by atoms with Gasteiger partial charge in [0.2, 0.25) is 10.0 Å². The highest BCUT2D eigenvalue weighted by Crippen LogP contribution is 2.27. The molecular weight excluding hydrogens is 314 g/mol. The third-order valence-electron chi connectivity index (χ3n) is 3.08. The molecule has 0 aliphatic carbocycles. The van der Waals surface area contributed by atoms with Gasteiger partial charge in [-0.25, -0.2) is 17.9 Å². The van der Waals surface area contributed by atoms with Gasteiger partial charge in [0, 0.05) is 11.4 Å². The van der Waals surface area contributed by atoms with Crippen LogP contribution in [-0.4, -0.2) is 19.5 Å². The normalized spacial score (nSPS) is 11.8. The van der Waals surface area contributed by atoms with E-state index < -0.39 is 16.0 Å². The molecule has 6 nitrogen and oxygen atoms in total. The highest BCUT2D eigenvalue weighted by Gasteiger charge is 2.30. The van der Waals surface area contributed by atoms with E-state index in [4.69, 9.17) is 9.52 Å². The number of thiophene rings is 1. The van der Waals surface area contributed by atoms with Crippen LogP contribution in [0.25, 0.3) is 0 Å². The number of sulfonamides is 1. The summed E-state index contributed by atoms with van der Waals surface area (Å²) in [5.41, 5.74) is 0.671. The minimum absolute atomic E-state index is 0.0697. The zero-order valence-electron chi connectivity index (χ0n) is 11.8. The van der Waals surface area contributed by atoms with Crippen LogP contribution in [0.5, 0.6) is 0 Å². The molecule has 2 N–H and O–H groups in total. The standard InChI is InChI=1S/C13H15NO5S2/c1-7-4-5-20-10(7)6-14-21(17,18)12-9(3)19-8(2)11(12)13(15)16/h4-5,14H,6H2,1-3H3,(H,15,16). The molecule has 114 valence electrons. The third-order valence-corrected chi connectivity index (χ3v) is 5.65. The van der Waals surface area contributed by atoms with Gasteiger partial charge < -0.3 is 9.52 Å². The fraction of sp³-hybridized carbons (Fsp3) is 0.308. The molecule has 0 aliphatic heterocycles. The number of hydrogen-bond acceptors (Lipinski definition) is 5. The average molecular weight is 329 g/mol. The van der Waals surface area contributed by atoms with Crippen molar-refractivity contribution in [3.8, 4) is 0 Å². The van der Waals surface area contributed by atoms with Crippen LogP contribution in [0.2, 0.25) is 0 Å². The lowest BCUT2D eigenvalue weighted by molar-refractivity contribution is 0.0691. The van der Waals surface area contributed by atoms with Crippen molar-refractivity contribution in [2.45, 2.75) is 32.2 Å². The highest BCUT2D eigenvalue weighted by atomic mass is 32.2. The van der Waals surface area contributed by atoms with Crippen LogP contribution in [0, 0.1) is 20.8 Å². The van der Waals surface area contributed by atoms with Gasteiger partial charge in [0.05, 0.1) is 0 Å². The van der Waals surface area contributed by atoms with Crippen LogP contribution in [0.15, 0.2) is 20.8 Å². The molecule has 8 heteroatoms. The lowest BCUT2D eigenvalue weighted by Crippen LogP contribution is -2.25. The number of hydrogen-bond donors (Lipinski definition) is 2. The van der Waals surface area contributed by atoms with Gasteiger partial charge in [-0.3, -0.25) is 0 Å². The van der Waals surface area contributed by atoms with Gasteiger partial charge in [-0.15, -0.1) is 11.3 Å². The van der Waals surface area contributed by atoms with E-state index in [2.05, 4.69) is 4.72 Å². The Labute approximate surface area is 126 Å². The maximum absolute atomic E-state index is 12.4. The first kappa shape index (κ1) is 15.7. The predicted molar refractivity (Wildman–Crippen MR) is 78.2 cm³/mol. The van der Waals surface area contributed by atoms with E-state index in [1.54, 1.807) is 0 Å². The van der Waals surface area contributed by atoms with E-state index in [1.165, 1.54) is 25.2 Å². The second kappa shape index (κ2) is 5.63. The summed E-state index contributed by atoms with van der Waals surface area (Å²) in [4.78, 5) is 11.8. The fourth-order valence-electron chi connectivity index (χ4n) is 2.05. The molecule has 21 heavy (non-hydrogen) atoms. The van der Waals surface area contributed by atoms with Crippen LogP contribution >= 0.6 is 11.3 Å². The minimum Gasteiger partial charge on any atom is -0.478 e. The smallest absolute Gasteiger partial charge is 0.340 e. The lowest BCUT2D eigenvalue weighted by atomic mass is 10.2. The Kier molecular flexibility index (Phi) is 4.22. The van der Waals surface area contributed by atoms with E-state index in [0.717, 1.165) is 10.4 Å². The zero-order valence-corrected chi connectivity index (χ0v) is 13.4. The summed E-state index contributed by atoms with van der Waals surface area (Å²) < 4.78 is 32.3. The summed E-state index contributed by atoms with van der Waals surface area (Å²) in [5.74, 6) is -1.18. The van der Waals surface area contributed by atoms with Crippen LogP contribution in [-0.2, 0) is 16.6 Å². The highest BCUT2D eigenvalue weighted by molar-refractivity contribution is 7.89. The molecule has 0 saturated heterocycles. The summed E-state index contributed by atoms with van der Waals surface area (Å²) in [6.07, 6.45) is 0. The van der Waals surface area contributed by atoms with E-state index in [9.17, 15) is 13.2 Å². The van der Waals surface area contributed by atoms with Crippen LogP contribution in [0.3, 0.4) is 0 Å². The summed E-state index contributed by atoms with van der Waals surface area (Å²) in [6, 6.07) is 1.89.